The summed E-state index contributed by atoms with van der Waals surface area (Å²) >= 11 is 0. The van der Waals surface area contributed by atoms with Crippen LogP contribution in [0.4, 0.5) is 0 Å². The van der Waals surface area contributed by atoms with Gasteiger partial charge in [-0.1, -0.05) is 6.07 Å². The SMILES string of the molecule is CC(=O)N1CC[C@@]2(CCN(C(=O)c3ccccn3)C2)C1. The molecule has 0 aromatic carbocycles. The van der Waals surface area contributed by atoms with Crippen molar-refractivity contribution >= 4 is 11.8 Å². The van der Waals surface area contributed by atoms with Crippen LogP contribution in [-0.4, -0.2) is 52.8 Å². The first-order valence-electron chi connectivity index (χ1n) is 7.06. The second-order valence-corrected chi connectivity index (χ2v) is 5.88. The fourth-order valence-electron chi connectivity index (χ4n) is 3.30. The summed E-state index contributed by atoms with van der Waals surface area (Å²) in [6, 6.07) is 5.40. The van der Waals surface area contributed by atoms with Gasteiger partial charge in [0.15, 0.2) is 0 Å². The average molecular weight is 273 g/mol. The number of rotatable bonds is 1. The van der Waals surface area contributed by atoms with Crippen LogP contribution >= 0.6 is 0 Å². The van der Waals surface area contributed by atoms with E-state index in [1.807, 2.05) is 21.9 Å². The van der Waals surface area contributed by atoms with E-state index in [1.54, 1.807) is 19.2 Å². The second kappa shape index (κ2) is 4.89. The Bertz CT molecular complexity index is 531. The summed E-state index contributed by atoms with van der Waals surface area (Å²) in [7, 11) is 0. The van der Waals surface area contributed by atoms with Crippen molar-refractivity contribution in [2.75, 3.05) is 26.2 Å². The molecular weight excluding hydrogens is 254 g/mol. The molecule has 3 heterocycles. The van der Waals surface area contributed by atoms with E-state index in [1.165, 1.54) is 0 Å². The second-order valence-electron chi connectivity index (χ2n) is 5.88. The lowest BCUT2D eigenvalue weighted by Gasteiger charge is -2.24. The van der Waals surface area contributed by atoms with Gasteiger partial charge in [-0.2, -0.15) is 0 Å². The zero-order valence-electron chi connectivity index (χ0n) is 11.7. The Labute approximate surface area is 118 Å². The van der Waals surface area contributed by atoms with Crippen LogP contribution in [0.15, 0.2) is 24.4 Å². The molecular formula is C15H19N3O2. The number of carbonyl (C=O) groups excluding carboxylic acids is 2. The van der Waals surface area contributed by atoms with Crippen molar-refractivity contribution in [3.8, 4) is 0 Å². The fraction of sp³-hybridized carbons (Fsp3) is 0.533. The van der Waals surface area contributed by atoms with E-state index >= 15 is 0 Å². The zero-order chi connectivity index (χ0) is 14.2. The lowest BCUT2D eigenvalue weighted by Crippen LogP contribution is -2.35. The van der Waals surface area contributed by atoms with Gasteiger partial charge >= 0.3 is 0 Å². The molecule has 20 heavy (non-hydrogen) atoms. The van der Waals surface area contributed by atoms with Crippen LogP contribution in [0.5, 0.6) is 0 Å². The van der Waals surface area contributed by atoms with Crippen molar-refractivity contribution in [1.29, 1.82) is 0 Å². The summed E-state index contributed by atoms with van der Waals surface area (Å²) in [5, 5.41) is 0. The summed E-state index contributed by atoms with van der Waals surface area (Å²) < 4.78 is 0. The van der Waals surface area contributed by atoms with E-state index in [2.05, 4.69) is 4.98 Å². The topological polar surface area (TPSA) is 53.5 Å². The maximum absolute atomic E-state index is 12.4. The average Bonchev–Trinajstić information content (AvgIpc) is 3.07. The molecule has 1 atom stereocenters. The van der Waals surface area contributed by atoms with Gasteiger partial charge in [0.2, 0.25) is 5.91 Å². The van der Waals surface area contributed by atoms with Crippen molar-refractivity contribution in [3.63, 3.8) is 0 Å². The van der Waals surface area contributed by atoms with Crippen LogP contribution in [0.2, 0.25) is 0 Å². The van der Waals surface area contributed by atoms with E-state index in [9.17, 15) is 9.59 Å². The molecule has 0 bridgehead atoms. The number of pyridine rings is 1. The zero-order valence-corrected chi connectivity index (χ0v) is 11.7. The fourth-order valence-corrected chi connectivity index (χ4v) is 3.30. The molecule has 0 saturated carbocycles. The van der Waals surface area contributed by atoms with E-state index in [0.717, 1.165) is 39.0 Å². The Hall–Kier alpha value is -1.91. The molecule has 2 saturated heterocycles. The summed E-state index contributed by atoms with van der Waals surface area (Å²) in [5.74, 6) is 0.139. The molecule has 106 valence electrons. The molecule has 0 aliphatic carbocycles. The Morgan fingerprint density at radius 1 is 1.15 bits per heavy atom. The summed E-state index contributed by atoms with van der Waals surface area (Å²) in [4.78, 5) is 31.7. The van der Waals surface area contributed by atoms with Crippen molar-refractivity contribution < 1.29 is 9.59 Å². The number of amides is 2. The smallest absolute Gasteiger partial charge is 0.272 e. The highest BCUT2D eigenvalue weighted by Gasteiger charge is 2.45. The number of aromatic nitrogens is 1. The molecule has 1 aromatic rings. The largest absolute Gasteiger partial charge is 0.342 e. The molecule has 2 aliphatic heterocycles. The Kier molecular flexibility index (Phi) is 3.20. The Morgan fingerprint density at radius 3 is 2.45 bits per heavy atom. The van der Waals surface area contributed by atoms with Gasteiger partial charge < -0.3 is 9.80 Å². The van der Waals surface area contributed by atoms with E-state index in [4.69, 9.17) is 0 Å². The molecule has 1 aromatic heterocycles. The lowest BCUT2D eigenvalue weighted by molar-refractivity contribution is -0.128. The number of carbonyl (C=O) groups is 2. The van der Waals surface area contributed by atoms with Gasteiger partial charge in [-0.15, -0.1) is 0 Å². The summed E-state index contributed by atoms with van der Waals surface area (Å²) in [6.45, 7) is 4.73. The minimum absolute atomic E-state index is 0.00347. The van der Waals surface area contributed by atoms with Crippen LogP contribution in [0.3, 0.4) is 0 Å². The van der Waals surface area contributed by atoms with Crippen LogP contribution in [0.25, 0.3) is 0 Å². The maximum atomic E-state index is 12.4. The maximum Gasteiger partial charge on any atom is 0.272 e. The van der Waals surface area contributed by atoms with Crippen molar-refractivity contribution in [2.24, 2.45) is 5.41 Å². The Balaban J connectivity index is 1.69. The minimum atomic E-state index is 0.00347. The predicted octanol–water partition coefficient (Wildman–Crippen LogP) is 1.17. The first-order valence-corrected chi connectivity index (χ1v) is 7.06. The summed E-state index contributed by atoms with van der Waals surface area (Å²) in [5.41, 5.74) is 0.613. The van der Waals surface area contributed by atoms with Crippen LogP contribution < -0.4 is 0 Å². The highest BCUT2D eigenvalue weighted by atomic mass is 16.2. The first-order chi connectivity index (χ1) is 9.60. The third kappa shape index (κ3) is 2.28. The van der Waals surface area contributed by atoms with Crippen molar-refractivity contribution in [3.05, 3.63) is 30.1 Å². The molecule has 0 N–H and O–H groups in total. The highest BCUT2D eigenvalue weighted by Crippen LogP contribution is 2.39. The molecule has 2 fully saturated rings. The highest BCUT2D eigenvalue weighted by molar-refractivity contribution is 5.92. The van der Waals surface area contributed by atoms with Gasteiger partial charge in [0.05, 0.1) is 0 Å². The third-order valence-electron chi connectivity index (χ3n) is 4.49. The van der Waals surface area contributed by atoms with Gasteiger partial charge in [0.1, 0.15) is 5.69 Å². The van der Waals surface area contributed by atoms with Crippen molar-refractivity contribution in [1.82, 2.24) is 14.8 Å². The van der Waals surface area contributed by atoms with Gasteiger partial charge in [-0.3, -0.25) is 14.6 Å². The van der Waals surface area contributed by atoms with Gasteiger partial charge in [-0.05, 0) is 25.0 Å². The monoisotopic (exact) mass is 273 g/mol. The van der Waals surface area contributed by atoms with Gasteiger partial charge in [0.25, 0.3) is 5.91 Å². The van der Waals surface area contributed by atoms with E-state index in [-0.39, 0.29) is 17.2 Å². The normalized spacial score (nSPS) is 25.4. The van der Waals surface area contributed by atoms with Crippen LogP contribution in [0, 0.1) is 5.41 Å². The summed E-state index contributed by atoms with van der Waals surface area (Å²) in [6.07, 6.45) is 3.63. The minimum Gasteiger partial charge on any atom is -0.342 e. The van der Waals surface area contributed by atoms with E-state index < -0.39 is 0 Å². The molecule has 0 radical (unpaired) electrons. The molecule has 5 nitrogen and oxygen atoms in total. The number of hydrogen-bond acceptors (Lipinski definition) is 3. The third-order valence-corrected chi connectivity index (χ3v) is 4.49. The molecule has 2 aliphatic rings. The van der Waals surface area contributed by atoms with Gasteiger partial charge in [0, 0.05) is 44.7 Å². The number of likely N-dealkylation sites (tertiary alicyclic amines) is 2. The molecule has 1 spiro atoms. The van der Waals surface area contributed by atoms with Crippen LogP contribution in [-0.2, 0) is 4.79 Å². The van der Waals surface area contributed by atoms with E-state index in [0.29, 0.717) is 5.69 Å². The quantitative estimate of drug-likeness (QED) is 0.771. The molecule has 0 unspecified atom stereocenters. The van der Waals surface area contributed by atoms with Crippen LogP contribution in [0.1, 0.15) is 30.3 Å². The first kappa shape index (κ1) is 13.1. The number of nitrogens with zero attached hydrogens (tertiary/aromatic N) is 3. The predicted molar refractivity (Wildman–Crippen MR) is 74.1 cm³/mol. The molecule has 3 rings (SSSR count). The van der Waals surface area contributed by atoms with Crippen molar-refractivity contribution in [2.45, 2.75) is 19.8 Å². The standard InChI is InChI=1S/C15H19N3O2/c1-12(19)17-8-5-15(10-17)6-9-18(11-15)14(20)13-4-2-3-7-16-13/h2-4,7H,5-6,8-11H2,1H3/t15-/m1/s1. The molecule has 2 amide bonds. The molecule has 5 heteroatoms. The van der Waals surface area contributed by atoms with Gasteiger partial charge in [-0.25, -0.2) is 0 Å². The Morgan fingerprint density at radius 2 is 1.85 bits per heavy atom. The lowest BCUT2D eigenvalue weighted by atomic mass is 9.86. The number of hydrogen-bond donors (Lipinski definition) is 0.